The Hall–Kier alpha value is -2.07. The van der Waals surface area contributed by atoms with Crippen LogP contribution in [-0.2, 0) is 6.42 Å². The summed E-state index contributed by atoms with van der Waals surface area (Å²) in [5.74, 6) is 1.17. The molecule has 25 heavy (non-hydrogen) atoms. The average Bonchev–Trinajstić information content (AvgIpc) is 3.06. The van der Waals surface area contributed by atoms with Gasteiger partial charge < -0.3 is 4.90 Å². The number of nitrogens with zero attached hydrogens (tertiary/aromatic N) is 3. The molecule has 0 fully saturated rings. The Morgan fingerprint density at radius 3 is 3.08 bits per heavy atom. The summed E-state index contributed by atoms with van der Waals surface area (Å²) in [7, 11) is 0. The van der Waals surface area contributed by atoms with Crippen LogP contribution in [0.25, 0.3) is 11.8 Å². The molecule has 0 saturated heterocycles. The number of allylic oxidation sites excluding steroid dienone is 1. The number of alkyl halides is 1. The van der Waals surface area contributed by atoms with Crippen LogP contribution in [0.5, 0.6) is 0 Å². The van der Waals surface area contributed by atoms with Gasteiger partial charge in [0.05, 0.1) is 11.4 Å². The first kappa shape index (κ1) is 16.4. The quantitative estimate of drug-likeness (QED) is 0.777. The van der Waals surface area contributed by atoms with Crippen LogP contribution in [0.4, 0.5) is 0 Å². The Labute approximate surface area is 153 Å². The van der Waals surface area contributed by atoms with Crippen molar-refractivity contribution in [2.24, 2.45) is 0 Å². The average molecular weight is 356 g/mol. The first-order valence-electron chi connectivity index (χ1n) is 8.91. The number of fused-ring (bicyclic) bond motifs is 2. The summed E-state index contributed by atoms with van der Waals surface area (Å²) in [4.78, 5) is 19.2. The number of imidazole rings is 1. The van der Waals surface area contributed by atoms with E-state index in [4.69, 9.17) is 11.6 Å². The van der Waals surface area contributed by atoms with E-state index < -0.39 is 0 Å². The number of hydrogen-bond donors (Lipinski definition) is 0. The van der Waals surface area contributed by atoms with Crippen molar-refractivity contribution in [1.82, 2.24) is 14.5 Å². The van der Waals surface area contributed by atoms with Gasteiger partial charge in [-0.25, -0.2) is 4.98 Å². The molecule has 0 spiro atoms. The number of amides is 1. The van der Waals surface area contributed by atoms with Crippen molar-refractivity contribution in [3.8, 4) is 5.69 Å². The number of hydrogen-bond acceptors (Lipinski definition) is 2. The van der Waals surface area contributed by atoms with Crippen LogP contribution in [0.15, 0.2) is 30.6 Å². The van der Waals surface area contributed by atoms with Crippen molar-refractivity contribution in [2.45, 2.75) is 32.1 Å². The van der Waals surface area contributed by atoms with Gasteiger partial charge >= 0.3 is 0 Å². The molecule has 0 N–H and O–H groups in total. The van der Waals surface area contributed by atoms with Gasteiger partial charge in [0, 0.05) is 36.1 Å². The van der Waals surface area contributed by atoms with E-state index in [1.54, 1.807) is 0 Å². The van der Waals surface area contributed by atoms with E-state index in [-0.39, 0.29) is 5.91 Å². The number of carbonyl (C=O) groups excluding carboxylic acids is 1. The van der Waals surface area contributed by atoms with E-state index in [0.717, 1.165) is 60.6 Å². The van der Waals surface area contributed by atoms with Gasteiger partial charge in [-0.1, -0.05) is 13.0 Å². The van der Waals surface area contributed by atoms with Crippen LogP contribution in [0.3, 0.4) is 0 Å². The zero-order valence-corrected chi connectivity index (χ0v) is 15.2. The molecule has 0 saturated carbocycles. The molecule has 1 aromatic carbocycles. The highest BCUT2D eigenvalue weighted by Gasteiger charge is 2.25. The first-order chi connectivity index (χ1) is 12.2. The number of carbonyl (C=O) groups is 1. The van der Waals surface area contributed by atoms with Gasteiger partial charge in [0.15, 0.2) is 0 Å². The van der Waals surface area contributed by atoms with E-state index in [2.05, 4.69) is 34.7 Å². The standard InChI is InChI=1S/C20H22ClN3O/c1-14-4-2-5-18-19(14)22-13-24(18)16-6-7-17-15(12-16)8-11-23(20(17)25)10-3-9-21/h2,5-7,12-14H,3-4,8-11H2,1H3. The molecule has 1 aromatic heterocycles. The molecule has 1 aliphatic carbocycles. The highest BCUT2D eigenvalue weighted by molar-refractivity contribution is 6.17. The Bertz CT molecular complexity index is 839. The number of aromatic nitrogens is 2. The fourth-order valence-electron chi connectivity index (χ4n) is 3.75. The zero-order chi connectivity index (χ0) is 17.4. The molecule has 1 unspecified atom stereocenters. The van der Waals surface area contributed by atoms with Crippen LogP contribution in [0.2, 0.25) is 0 Å². The number of rotatable bonds is 4. The molecule has 4 nitrogen and oxygen atoms in total. The Morgan fingerprint density at radius 1 is 1.36 bits per heavy atom. The molecule has 130 valence electrons. The third kappa shape index (κ3) is 2.89. The van der Waals surface area contributed by atoms with Gasteiger partial charge in [-0.2, -0.15) is 0 Å². The van der Waals surface area contributed by atoms with Crippen LogP contribution in [0, 0.1) is 0 Å². The number of halogens is 1. The summed E-state index contributed by atoms with van der Waals surface area (Å²) >= 11 is 5.76. The molecule has 5 heteroatoms. The molecule has 1 aliphatic heterocycles. The highest BCUT2D eigenvalue weighted by Crippen LogP contribution is 2.30. The van der Waals surface area contributed by atoms with Crippen LogP contribution >= 0.6 is 11.6 Å². The summed E-state index contributed by atoms with van der Waals surface area (Å²) in [6.07, 6.45) is 9.03. The molecule has 0 bridgehead atoms. The van der Waals surface area contributed by atoms with E-state index in [9.17, 15) is 4.79 Å². The zero-order valence-electron chi connectivity index (χ0n) is 14.4. The van der Waals surface area contributed by atoms with Crippen molar-refractivity contribution in [3.05, 3.63) is 53.1 Å². The molecule has 1 amide bonds. The molecule has 1 atom stereocenters. The fourth-order valence-corrected chi connectivity index (χ4v) is 3.87. The summed E-state index contributed by atoms with van der Waals surface area (Å²) in [6, 6.07) is 6.13. The normalized spacial score (nSPS) is 19.0. The maximum atomic E-state index is 12.6. The highest BCUT2D eigenvalue weighted by atomic mass is 35.5. The SMILES string of the molecule is CC1CC=Cc2c1ncn2-c1ccc2c(c1)CCN(CCCCl)C2=O. The fraction of sp³-hybridized carbons (Fsp3) is 0.400. The lowest BCUT2D eigenvalue weighted by atomic mass is 9.96. The van der Waals surface area contributed by atoms with E-state index in [1.807, 2.05) is 23.4 Å². The van der Waals surface area contributed by atoms with Gasteiger partial charge in [0.25, 0.3) is 5.91 Å². The minimum atomic E-state index is 0.124. The van der Waals surface area contributed by atoms with E-state index in [0.29, 0.717) is 11.8 Å². The summed E-state index contributed by atoms with van der Waals surface area (Å²) in [5.41, 5.74) is 5.34. The smallest absolute Gasteiger partial charge is 0.254 e. The number of benzene rings is 1. The first-order valence-corrected chi connectivity index (χ1v) is 9.45. The van der Waals surface area contributed by atoms with Gasteiger partial charge in [-0.05, 0) is 49.1 Å². The monoisotopic (exact) mass is 355 g/mol. The lowest BCUT2D eigenvalue weighted by Gasteiger charge is -2.29. The predicted molar refractivity (Wildman–Crippen MR) is 101 cm³/mol. The van der Waals surface area contributed by atoms with Gasteiger partial charge in [-0.3, -0.25) is 9.36 Å². The Kier molecular flexibility index (Phi) is 4.38. The molecule has 2 aliphatic rings. The summed E-state index contributed by atoms with van der Waals surface area (Å²) < 4.78 is 2.13. The topological polar surface area (TPSA) is 38.1 Å². The van der Waals surface area contributed by atoms with Crippen molar-refractivity contribution < 1.29 is 4.79 Å². The maximum Gasteiger partial charge on any atom is 0.254 e. The molecule has 2 aromatic rings. The second kappa shape index (κ2) is 6.68. The molecular formula is C20H22ClN3O. The molecule has 2 heterocycles. The second-order valence-electron chi connectivity index (χ2n) is 6.85. The van der Waals surface area contributed by atoms with Crippen LogP contribution < -0.4 is 0 Å². The molecule has 4 rings (SSSR count). The second-order valence-corrected chi connectivity index (χ2v) is 7.23. The van der Waals surface area contributed by atoms with Crippen molar-refractivity contribution >= 4 is 23.6 Å². The van der Waals surface area contributed by atoms with E-state index >= 15 is 0 Å². The molecular weight excluding hydrogens is 334 g/mol. The lowest BCUT2D eigenvalue weighted by molar-refractivity contribution is 0.0740. The van der Waals surface area contributed by atoms with Crippen molar-refractivity contribution in [2.75, 3.05) is 19.0 Å². The van der Waals surface area contributed by atoms with Crippen LogP contribution in [-0.4, -0.2) is 39.3 Å². The Balaban J connectivity index is 1.66. The van der Waals surface area contributed by atoms with Crippen molar-refractivity contribution in [1.29, 1.82) is 0 Å². The minimum Gasteiger partial charge on any atom is -0.338 e. The maximum absolute atomic E-state index is 12.6. The summed E-state index contributed by atoms with van der Waals surface area (Å²) in [5, 5.41) is 0. The predicted octanol–water partition coefficient (Wildman–Crippen LogP) is 4.02. The van der Waals surface area contributed by atoms with Gasteiger partial charge in [0.2, 0.25) is 0 Å². The van der Waals surface area contributed by atoms with Crippen molar-refractivity contribution in [3.63, 3.8) is 0 Å². The van der Waals surface area contributed by atoms with E-state index in [1.165, 1.54) is 0 Å². The largest absolute Gasteiger partial charge is 0.338 e. The van der Waals surface area contributed by atoms with Gasteiger partial charge in [-0.15, -0.1) is 11.6 Å². The van der Waals surface area contributed by atoms with Crippen LogP contribution in [0.1, 0.15) is 53.0 Å². The minimum absolute atomic E-state index is 0.124. The lowest BCUT2D eigenvalue weighted by Crippen LogP contribution is -2.38. The Morgan fingerprint density at radius 2 is 2.24 bits per heavy atom. The third-order valence-electron chi connectivity index (χ3n) is 5.16. The summed E-state index contributed by atoms with van der Waals surface area (Å²) in [6.45, 7) is 3.72. The third-order valence-corrected chi connectivity index (χ3v) is 5.43. The molecule has 0 radical (unpaired) electrons. The van der Waals surface area contributed by atoms with Gasteiger partial charge in [0.1, 0.15) is 6.33 Å².